The zero-order chi connectivity index (χ0) is 23.0. The summed E-state index contributed by atoms with van der Waals surface area (Å²) >= 11 is 0. The van der Waals surface area contributed by atoms with Crippen molar-refractivity contribution in [2.75, 3.05) is 12.4 Å². The highest BCUT2D eigenvalue weighted by Gasteiger charge is 2.42. The van der Waals surface area contributed by atoms with Gasteiger partial charge < -0.3 is 15.4 Å². The molecular weight excluding hydrogens is 407 g/mol. The largest absolute Gasteiger partial charge is 0.497 e. The Morgan fingerprint density at radius 2 is 1.88 bits per heavy atom. The number of ketones is 1. The molecule has 4 rings (SSSR count). The van der Waals surface area contributed by atoms with Crippen molar-refractivity contribution in [2.45, 2.75) is 39.5 Å². The normalized spacial score (nSPS) is 19.9. The molecule has 0 radical (unpaired) electrons. The van der Waals surface area contributed by atoms with Crippen LogP contribution in [0.4, 0.5) is 10.1 Å². The molecule has 0 spiro atoms. The number of benzene rings is 2. The molecule has 1 heterocycles. The third-order valence-corrected chi connectivity index (χ3v) is 6.02. The highest BCUT2D eigenvalue weighted by Crippen LogP contribution is 2.46. The summed E-state index contributed by atoms with van der Waals surface area (Å²) in [7, 11) is 1.59. The minimum Gasteiger partial charge on any atom is -0.497 e. The van der Waals surface area contributed by atoms with Crippen molar-refractivity contribution in [1.82, 2.24) is 5.32 Å². The highest BCUT2D eigenvalue weighted by molar-refractivity contribution is 6.09. The lowest BCUT2D eigenvalue weighted by Crippen LogP contribution is -2.39. The fourth-order valence-electron chi connectivity index (χ4n) is 4.63. The molecule has 0 saturated heterocycles. The van der Waals surface area contributed by atoms with Gasteiger partial charge in [0.25, 0.3) is 5.91 Å². The number of halogens is 1. The van der Waals surface area contributed by atoms with E-state index in [4.69, 9.17) is 4.74 Å². The zero-order valence-corrected chi connectivity index (χ0v) is 18.7. The molecule has 2 aromatic rings. The monoisotopic (exact) mass is 434 g/mol. The second-order valence-electron chi connectivity index (χ2n) is 9.17. The number of carbonyl (C=O) groups is 2. The number of anilines is 1. The van der Waals surface area contributed by atoms with Gasteiger partial charge in [-0.3, -0.25) is 9.59 Å². The van der Waals surface area contributed by atoms with Gasteiger partial charge >= 0.3 is 0 Å². The predicted molar refractivity (Wildman–Crippen MR) is 122 cm³/mol. The molecule has 166 valence electrons. The van der Waals surface area contributed by atoms with Crippen LogP contribution in [0.2, 0.25) is 0 Å². The van der Waals surface area contributed by atoms with E-state index in [-0.39, 0.29) is 17.1 Å². The van der Waals surface area contributed by atoms with Crippen LogP contribution in [0.3, 0.4) is 0 Å². The number of carbonyl (C=O) groups excluding carboxylic acids is 2. The van der Waals surface area contributed by atoms with Crippen molar-refractivity contribution in [3.05, 3.63) is 82.5 Å². The second-order valence-corrected chi connectivity index (χ2v) is 9.17. The van der Waals surface area contributed by atoms with E-state index < -0.39 is 11.7 Å². The summed E-state index contributed by atoms with van der Waals surface area (Å²) in [5, 5.41) is 6.13. The molecular formula is C26H27FN2O3. The van der Waals surface area contributed by atoms with Crippen molar-refractivity contribution in [3.8, 4) is 5.75 Å². The number of rotatable bonds is 4. The standard InChI is InChI=1S/C26H27FN2O3/c1-15-22(25(31)29-18-7-5-6-17(27)12-18)23(16-8-10-19(32-4)11-9-16)24-20(28-15)13-26(2,3)14-21(24)30/h5-12,23,28H,13-14H2,1-4H3,(H,29,31). The molecule has 1 amide bonds. The van der Waals surface area contributed by atoms with Crippen LogP contribution in [0, 0.1) is 11.2 Å². The molecule has 32 heavy (non-hydrogen) atoms. The van der Waals surface area contributed by atoms with Crippen LogP contribution in [0.25, 0.3) is 0 Å². The summed E-state index contributed by atoms with van der Waals surface area (Å²) in [4.78, 5) is 26.7. The van der Waals surface area contributed by atoms with E-state index in [2.05, 4.69) is 24.5 Å². The van der Waals surface area contributed by atoms with Crippen molar-refractivity contribution in [1.29, 1.82) is 0 Å². The summed E-state index contributed by atoms with van der Waals surface area (Å²) in [6.07, 6.45) is 1.13. The summed E-state index contributed by atoms with van der Waals surface area (Å²) < 4.78 is 18.9. The molecule has 1 atom stereocenters. The quantitative estimate of drug-likeness (QED) is 0.705. The SMILES string of the molecule is COc1ccc(C2C(C(=O)Nc3cccc(F)c3)=C(C)NC3=C2C(=O)CC(C)(C)C3)cc1. The Kier molecular flexibility index (Phi) is 5.63. The summed E-state index contributed by atoms with van der Waals surface area (Å²) in [5.41, 5.74) is 3.66. The first-order valence-corrected chi connectivity index (χ1v) is 10.6. The van der Waals surface area contributed by atoms with Crippen LogP contribution in [0.15, 0.2) is 71.1 Å². The third-order valence-electron chi connectivity index (χ3n) is 6.02. The first-order valence-electron chi connectivity index (χ1n) is 10.6. The van der Waals surface area contributed by atoms with Gasteiger partial charge in [-0.15, -0.1) is 0 Å². The highest BCUT2D eigenvalue weighted by atomic mass is 19.1. The summed E-state index contributed by atoms with van der Waals surface area (Å²) in [6.45, 7) is 5.99. The van der Waals surface area contributed by atoms with Crippen LogP contribution in [0.5, 0.6) is 5.75 Å². The van der Waals surface area contributed by atoms with Crippen molar-refractivity contribution < 1.29 is 18.7 Å². The van der Waals surface area contributed by atoms with Gasteiger partial charge in [0, 0.05) is 40.6 Å². The Morgan fingerprint density at radius 3 is 2.53 bits per heavy atom. The van der Waals surface area contributed by atoms with Crippen LogP contribution in [-0.2, 0) is 9.59 Å². The van der Waals surface area contributed by atoms with E-state index in [1.807, 2.05) is 31.2 Å². The molecule has 5 nitrogen and oxygen atoms in total. The van der Waals surface area contributed by atoms with Crippen LogP contribution < -0.4 is 15.4 Å². The number of Topliss-reactive ketones (excluding diaryl/α,β-unsaturated/α-hetero) is 1. The van der Waals surface area contributed by atoms with Gasteiger partial charge in [-0.1, -0.05) is 32.0 Å². The molecule has 1 unspecified atom stereocenters. The molecule has 2 N–H and O–H groups in total. The lowest BCUT2D eigenvalue weighted by molar-refractivity contribution is -0.118. The minimum absolute atomic E-state index is 0.0353. The van der Waals surface area contributed by atoms with Crippen LogP contribution in [-0.4, -0.2) is 18.8 Å². The second kappa shape index (κ2) is 8.26. The Hall–Kier alpha value is -3.41. The number of hydrogen-bond donors (Lipinski definition) is 2. The average molecular weight is 435 g/mol. The number of dihydropyridines is 1. The van der Waals surface area contributed by atoms with E-state index in [1.54, 1.807) is 19.2 Å². The Balaban J connectivity index is 1.80. The number of hydrogen-bond acceptors (Lipinski definition) is 4. The maximum Gasteiger partial charge on any atom is 0.254 e. The molecule has 2 aromatic carbocycles. The van der Waals surface area contributed by atoms with Gasteiger partial charge in [-0.2, -0.15) is 0 Å². The van der Waals surface area contributed by atoms with Gasteiger partial charge in [0.1, 0.15) is 11.6 Å². The molecule has 0 bridgehead atoms. The van der Waals surface area contributed by atoms with E-state index >= 15 is 0 Å². The number of ether oxygens (including phenoxy) is 1. The molecule has 0 aromatic heterocycles. The van der Waals surface area contributed by atoms with E-state index in [0.717, 1.165) is 17.7 Å². The van der Waals surface area contributed by atoms with E-state index in [0.29, 0.717) is 34.7 Å². The van der Waals surface area contributed by atoms with Gasteiger partial charge in [0.05, 0.1) is 7.11 Å². The Labute approximate surface area is 187 Å². The fraction of sp³-hybridized carbons (Fsp3) is 0.308. The lowest BCUT2D eigenvalue weighted by Gasteiger charge is -2.39. The van der Waals surface area contributed by atoms with Crippen molar-refractivity contribution in [3.63, 3.8) is 0 Å². The minimum atomic E-state index is -0.519. The van der Waals surface area contributed by atoms with Crippen molar-refractivity contribution in [2.24, 2.45) is 5.41 Å². The van der Waals surface area contributed by atoms with Crippen LogP contribution >= 0.6 is 0 Å². The molecule has 1 aliphatic carbocycles. The van der Waals surface area contributed by atoms with Crippen molar-refractivity contribution >= 4 is 17.4 Å². The van der Waals surface area contributed by atoms with Crippen LogP contribution in [0.1, 0.15) is 45.1 Å². The lowest BCUT2D eigenvalue weighted by atomic mass is 9.68. The molecule has 1 aliphatic heterocycles. The summed E-state index contributed by atoms with van der Waals surface area (Å²) in [6, 6.07) is 13.2. The van der Waals surface area contributed by atoms with Gasteiger partial charge in [0.2, 0.25) is 0 Å². The van der Waals surface area contributed by atoms with E-state index in [9.17, 15) is 14.0 Å². The molecule has 2 aliphatic rings. The van der Waals surface area contributed by atoms with Gasteiger partial charge in [0.15, 0.2) is 5.78 Å². The predicted octanol–water partition coefficient (Wildman–Crippen LogP) is 5.08. The number of methoxy groups -OCH3 is 1. The maximum absolute atomic E-state index is 13.7. The molecule has 6 heteroatoms. The Morgan fingerprint density at radius 1 is 1.16 bits per heavy atom. The topological polar surface area (TPSA) is 67.4 Å². The number of amides is 1. The fourth-order valence-corrected chi connectivity index (χ4v) is 4.63. The van der Waals surface area contributed by atoms with E-state index in [1.165, 1.54) is 12.1 Å². The maximum atomic E-state index is 13.7. The number of nitrogens with one attached hydrogen (secondary N) is 2. The smallest absolute Gasteiger partial charge is 0.254 e. The summed E-state index contributed by atoms with van der Waals surface area (Å²) in [5.74, 6) is -0.593. The van der Waals surface area contributed by atoms with Gasteiger partial charge in [-0.25, -0.2) is 4.39 Å². The number of allylic oxidation sites excluding steroid dienone is 3. The third kappa shape index (κ3) is 4.17. The zero-order valence-electron chi connectivity index (χ0n) is 18.7. The first kappa shape index (κ1) is 21.8. The molecule has 0 saturated carbocycles. The average Bonchev–Trinajstić information content (AvgIpc) is 2.71. The Bertz CT molecular complexity index is 1150. The molecule has 0 fully saturated rings. The van der Waals surface area contributed by atoms with Gasteiger partial charge in [-0.05, 0) is 54.7 Å². The first-order chi connectivity index (χ1) is 15.2.